The molecule has 4 atom stereocenters. The number of carbonyl (C=O) groups excluding carboxylic acids is 1. The van der Waals surface area contributed by atoms with Gasteiger partial charge in [0.15, 0.2) is 5.78 Å². The van der Waals surface area contributed by atoms with Crippen molar-refractivity contribution < 1.29 is 14.3 Å². The quantitative estimate of drug-likeness (QED) is 0.666. The first-order valence-corrected chi connectivity index (χ1v) is 10.5. The van der Waals surface area contributed by atoms with E-state index in [4.69, 9.17) is 0 Å². The molecule has 0 radical (unpaired) electrons. The van der Waals surface area contributed by atoms with Gasteiger partial charge in [0.1, 0.15) is 5.82 Å². The Balaban J connectivity index is 1.65. The molecule has 0 bridgehead atoms. The monoisotopic (exact) mass is 378 g/mol. The van der Waals surface area contributed by atoms with Crippen molar-refractivity contribution in [1.82, 2.24) is 0 Å². The molecule has 1 saturated carbocycles. The van der Waals surface area contributed by atoms with Gasteiger partial charge in [-0.2, -0.15) is 0 Å². The maximum Gasteiger partial charge on any atom is 0.173 e. The van der Waals surface area contributed by atoms with Crippen molar-refractivity contribution in [2.75, 3.05) is 0 Å². The minimum Gasteiger partial charge on any atom is -0.393 e. The topological polar surface area (TPSA) is 37.3 Å². The maximum absolute atomic E-state index is 14.4. The third kappa shape index (κ3) is 2.32. The number of Topliss-reactive ketones (excluding diaryl/α,β-unsaturated/α-hetero) is 1. The number of allylic oxidation sites excluding steroid dienone is 5. The molecule has 5 rings (SSSR count). The summed E-state index contributed by atoms with van der Waals surface area (Å²) >= 11 is 0. The predicted molar refractivity (Wildman–Crippen MR) is 108 cm³/mol. The van der Waals surface area contributed by atoms with Crippen LogP contribution in [0.25, 0.3) is 5.57 Å². The second-order valence-corrected chi connectivity index (χ2v) is 9.48. The number of aliphatic hydroxyl groups excluding tert-OH is 1. The van der Waals surface area contributed by atoms with E-state index in [1.54, 1.807) is 18.2 Å². The molecule has 146 valence electrons. The fraction of sp³-hybridized carbons (Fsp3) is 0.480. The summed E-state index contributed by atoms with van der Waals surface area (Å²) < 4.78 is 14.4. The Morgan fingerprint density at radius 1 is 1.14 bits per heavy atom. The first kappa shape index (κ1) is 18.1. The number of aliphatic hydroxyl groups is 1. The lowest BCUT2D eigenvalue weighted by molar-refractivity contribution is -0.120. The highest BCUT2D eigenvalue weighted by molar-refractivity contribution is 6.28. The molecule has 0 saturated heterocycles. The van der Waals surface area contributed by atoms with Crippen LogP contribution in [0.3, 0.4) is 0 Å². The summed E-state index contributed by atoms with van der Waals surface area (Å²) in [6.45, 7) is 4.39. The molecule has 28 heavy (non-hydrogen) atoms. The van der Waals surface area contributed by atoms with E-state index >= 15 is 0 Å². The summed E-state index contributed by atoms with van der Waals surface area (Å²) in [6.07, 6.45) is 9.34. The van der Waals surface area contributed by atoms with E-state index in [0.717, 1.165) is 44.1 Å². The standard InChI is InChI=1S/C25H27FO2/c1-24-11-9-16(27)13-15(24)7-8-18-20(24)10-12-25(2)21(18)14-19(23(25)28)17-5-3-4-6-22(17)26/h3-7,14,16,20,27H,8-13H2,1-2H3/t16-,20-,24-,25-/m0/s1. The van der Waals surface area contributed by atoms with Gasteiger partial charge in [-0.1, -0.05) is 42.3 Å². The zero-order valence-electron chi connectivity index (χ0n) is 16.6. The van der Waals surface area contributed by atoms with Crippen molar-refractivity contribution >= 4 is 11.4 Å². The number of hydrogen-bond donors (Lipinski definition) is 1. The third-order valence-corrected chi connectivity index (χ3v) is 8.02. The molecular weight excluding hydrogens is 351 g/mol. The summed E-state index contributed by atoms with van der Waals surface area (Å²) in [5, 5.41) is 10.1. The Bertz CT molecular complexity index is 969. The first-order chi connectivity index (χ1) is 13.3. The average molecular weight is 378 g/mol. The Morgan fingerprint density at radius 2 is 1.93 bits per heavy atom. The molecule has 0 aromatic heterocycles. The van der Waals surface area contributed by atoms with E-state index in [1.165, 1.54) is 17.2 Å². The van der Waals surface area contributed by atoms with Crippen molar-refractivity contribution in [3.05, 3.63) is 64.5 Å². The molecule has 0 heterocycles. The van der Waals surface area contributed by atoms with Crippen LogP contribution in [0.5, 0.6) is 0 Å². The summed E-state index contributed by atoms with van der Waals surface area (Å²) in [5.41, 5.74) is 4.41. The minimum absolute atomic E-state index is 0.0672. The zero-order valence-corrected chi connectivity index (χ0v) is 16.6. The number of ketones is 1. The van der Waals surface area contributed by atoms with Gasteiger partial charge in [0.2, 0.25) is 0 Å². The molecule has 4 aliphatic carbocycles. The normalized spacial score (nSPS) is 37.1. The van der Waals surface area contributed by atoms with Crippen LogP contribution in [0, 0.1) is 22.6 Å². The van der Waals surface area contributed by atoms with E-state index in [0.29, 0.717) is 17.1 Å². The second kappa shape index (κ2) is 6.00. The molecule has 0 spiro atoms. The lowest BCUT2D eigenvalue weighted by Crippen LogP contribution is -2.43. The van der Waals surface area contributed by atoms with Crippen LogP contribution in [0.1, 0.15) is 57.9 Å². The third-order valence-electron chi connectivity index (χ3n) is 8.02. The van der Waals surface area contributed by atoms with Gasteiger partial charge in [0.25, 0.3) is 0 Å². The van der Waals surface area contributed by atoms with Crippen molar-refractivity contribution in [2.45, 2.75) is 58.5 Å². The van der Waals surface area contributed by atoms with Crippen molar-refractivity contribution in [2.24, 2.45) is 16.7 Å². The second-order valence-electron chi connectivity index (χ2n) is 9.48. The van der Waals surface area contributed by atoms with Crippen LogP contribution < -0.4 is 0 Å². The van der Waals surface area contributed by atoms with E-state index < -0.39 is 5.41 Å². The van der Waals surface area contributed by atoms with E-state index in [-0.39, 0.29) is 23.1 Å². The molecule has 1 N–H and O–H groups in total. The van der Waals surface area contributed by atoms with Crippen LogP contribution in [0.2, 0.25) is 0 Å². The fourth-order valence-electron chi connectivity index (χ4n) is 6.28. The molecule has 1 fully saturated rings. The van der Waals surface area contributed by atoms with E-state index in [9.17, 15) is 14.3 Å². The van der Waals surface area contributed by atoms with Crippen LogP contribution in [-0.4, -0.2) is 17.0 Å². The van der Waals surface area contributed by atoms with Gasteiger partial charge in [0.05, 0.1) is 11.5 Å². The first-order valence-electron chi connectivity index (χ1n) is 10.5. The number of carbonyl (C=O) groups is 1. The predicted octanol–water partition coefficient (Wildman–Crippen LogP) is 5.39. The number of hydrogen-bond acceptors (Lipinski definition) is 2. The highest BCUT2D eigenvalue weighted by Gasteiger charge is 2.53. The van der Waals surface area contributed by atoms with Crippen molar-refractivity contribution in [3.8, 4) is 0 Å². The van der Waals surface area contributed by atoms with Gasteiger partial charge in [-0.15, -0.1) is 0 Å². The summed E-state index contributed by atoms with van der Waals surface area (Å²) in [4.78, 5) is 13.4. The SMILES string of the molecule is C[C@]12CC[C@H]3C(=C1C=C(c1ccccc1F)C2=O)CC=C1C[C@@H](O)CC[C@@]13C. The van der Waals surface area contributed by atoms with Crippen molar-refractivity contribution in [1.29, 1.82) is 0 Å². The Labute approximate surface area is 165 Å². The summed E-state index contributed by atoms with van der Waals surface area (Å²) in [6, 6.07) is 6.60. The molecule has 0 unspecified atom stereocenters. The van der Waals surface area contributed by atoms with Gasteiger partial charge < -0.3 is 5.11 Å². The van der Waals surface area contributed by atoms with Gasteiger partial charge in [0, 0.05) is 11.1 Å². The van der Waals surface area contributed by atoms with E-state index in [1.807, 2.05) is 13.0 Å². The largest absolute Gasteiger partial charge is 0.393 e. The molecule has 4 aliphatic rings. The Hall–Kier alpha value is -2.00. The number of rotatable bonds is 1. The summed E-state index contributed by atoms with van der Waals surface area (Å²) in [5.74, 6) is 0.162. The smallest absolute Gasteiger partial charge is 0.173 e. The Kier molecular flexibility index (Phi) is 3.87. The highest BCUT2D eigenvalue weighted by Crippen LogP contribution is 2.61. The number of benzene rings is 1. The maximum atomic E-state index is 14.4. The van der Waals surface area contributed by atoms with Gasteiger partial charge in [-0.05, 0) is 74.5 Å². The van der Waals surface area contributed by atoms with Crippen LogP contribution in [-0.2, 0) is 4.79 Å². The molecule has 1 aromatic rings. The molecule has 1 aromatic carbocycles. The van der Waals surface area contributed by atoms with E-state index in [2.05, 4.69) is 13.0 Å². The zero-order chi connectivity index (χ0) is 19.7. The van der Waals surface area contributed by atoms with Crippen LogP contribution in [0.4, 0.5) is 4.39 Å². The molecule has 2 nitrogen and oxygen atoms in total. The molecule has 0 amide bonds. The van der Waals surface area contributed by atoms with Crippen molar-refractivity contribution in [3.63, 3.8) is 0 Å². The molecular formula is C25H27FO2. The van der Waals surface area contributed by atoms with Crippen LogP contribution >= 0.6 is 0 Å². The van der Waals surface area contributed by atoms with Crippen LogP contribution in [0.15, 0.2) is 53.1 Å². The van der Waals surface area contributed by atoms with Gasteiger partial charge >= 0.3 is 0 Å². The van der Waals surface area contributed by atoms with Gasteiger partial charge in [-0.3, -0.25) is 4.79 Å². The molecule has 0 aliphatic heterocycles. The van der Waals surface area contributed by atoms with Gasteiger partial charge in [-0.25, -0.2) is 4.39 Å². The lowest BCUT2D eigenvalue weighted by atomic mass is 9.53. The molecule has 3 heteroatoms. The number of halogens is 1. The lowest BCUT2D eigenvalue weighted by Gasteiger charge is -2.51. The highest BCUT2D eigenvalue weighted by atomic mass is 19.1. The Morgan fingerprint density at radius 3 is 2.71 bits per heavy atom. The summed E-state index contributed by atoms with van der Waals surface area (Å²) in [7, 11) is 0. The fourth-order valence-corrected chi connectivity index (χ4v) is 6.28. The number of fused-ring (bicyclic) bond motifs is 4. The minimum atomic E-state index is -0.528. The average Bonchev–Trinajstić information content (AvgIpc) is 2.94.